The molecular weight excluding hydrogens is 172 g/mol. The lowest BCUT2D eigenvalue weighted by Crippen LogP contribution is -2.06. The predicted octanol–water partition coefficient (Wildman–Crippen LogP) is 1.10. The number of aliphatic hydroxyl groups is 1. The van der Waals surface area contributed by atoms with Crippen LogP contribution in [-0.2, 0) is 0 Å². The summed E-state index contributed by atoms with van der Waals surface area (Å²) >= 11 is 0. The minimum absolute atomic E-state index is 0.0486. The molecule has 0 aliphatic rings. The molecule has 1 aromatic rings. The summed E-state index contributed by atoms with van der Waals surface area (Å²) in [6, 6.07) is 1.18. The smallest absolute Gasteiger partial charge is 0.227 e. The number of aliphatic hydroxyl groups excluding tert-OH is 1. The predicted molar refractivity (Wildman–Crippen MR) is 46.6 cm³/mol. The quantitative estimate of drug-likeness (QED) is 0.721. The van der Waals surface area contributed by atoms with Crippen LogP contribution < -0.4 is 5.43 Å². The molecule has 2 N–H and O–H groups in total. The Morgan fingerprint density at radius 3 is 2.77 bits per heavy atom. The molecule has 1 aromatic heterocycles. The number of aromatic hydroxyl groups is 1. The van der Waals surface area contributed by atoms with Gasteiger partial charge in [0.1, 0.15) is 11.9 Å². The van der Waals surface area contributed by atoms with E-state index in [0.717, 1.165) is 0 Å². The van der Waals surface area contributed by atoms with Gasteiger partial charge < -0.3 is 14.6 Å². The Hall–Kier alpha value is -1.29. The first-order valence-corrected chi connectivity index (χ1v) is 4.08. The highest BCUT2D eigenvalue weighted by Crippen LogP contribution is 2.23. The van der Waals surface area contributed by atoms with Crippen molar-refractivity contribution in [2.24, 2.45) is 0 Å². The Labute approximate surface area is 75.4 Å². The molecule has 4 heteroatoms. The summed E-state index contributed by atoms with van der Waals surface area (Å²) in [4.78, 5) is 11.1. The van der Waals surface area contributed by atoms with Crippen molar-refractivity contribution in [1.82, 2.24) is 0 Å². The van der Waals surface area contributed by atoms with Crippen LogP contribution in [0.15, 0.2) is 15.3 Å². The van der Waals surface area contributed by atoms with Gasteiger partial charge in [0, 0.05) is 6.07 Å². The normalized spacial score (nSPS) is 12.8. The monoisotopic (exact) mass is 184 g/mol. The van der Waals surface area contributed by atoms with Gasteiger partial charge in [-0.1, -0.05) is 6.92 Å². The van der Waals surface area contributed by atoms with E-state index >= 15 is 0 Å². The van der Waals surface area contributed by atoms with E-state index < -0.39 is 17.3 Å². The van der Waals surface area contributed by atoms with Gasteiger partial charge in [0.2, 0.25) is 11.2 Å². The van der Waals surface area contributed by atoms with Gasteiger partial charge in [-0.25, -0.2) is 0 Å². The molecule has 13 heavy (non-hydrogen) atoms. The summed E-state index contributed by atoms with van der Waals surface area (Å²) in [5.41, 5.74) is -0.522. The van der Waals surface area contributed by atoms with Crippen molar-refractivity contribution in [2.75, 3.05) is 0 Å². The average molecular weight is 184 g/mol. The highest BCUT2D eigenvalue weighted by Gasteiger charge is 2.16. The molecule has 0 spiro atoms. The Bertz CT molecular complexity index is 353. The highest BCUT2D eigenvalue weighted by atomic mass is 16.4. The summed E-state index contributed by atoms with van der Waals surface area (Å²) in [5.74, 6) is -0.169. The molecule has 0 saturated carbocycles. The van der Waals surface area contributed by atoms with Crippen molar-refractivity contribution < 1.29 is 14.6 Å². The first kappa shape index (κ1) is 9.80. The molecule has 0 aliphatic heterocycles. The summed E-state index contributed by atoms with van der Waals surface area (Å²) in [6.07, 6.45) is -0.535. The van der Waals surface area contributed by atoms with Crippen LogP contribution >= 0.6 is 0 Å². The molecule has 0 radical (unpaired) electrons. The molecule has 0 fully saturated rings. The summed E-state index contributed by atoms with van der Waals surface area (Å²) in [7, 11) is 0. The Kier molecular flexibility index (Phi) is 2.72. The van der Waals surface area contributed by atoms with E-state index in [1.54, 1.807) is 13.8 Å². The summed E-state index contributed by atoms with van der Waals surface area (Å²) in [5, 5.41) is 18.6. The van der Waals surface area contributed by atoms with Crippen LogP contribution in [0.3, 0.4) is 0 Å². The lowest BCUT2D eigenvalue weighted by atomic mass is 10.2. The largest absolute Gasteiger partial charge is 0.502 e. The lowest BCUT2D eigenvalue weighted by Gasteiger charge is -2.08. The van der Waals surface area contributed by atoms with Crippen molar-refractivity contribution in [3.8, 4) is 5.75 Å². The van der Waals surface area contributed by atoms with E-state index in [-0.39, 0.29) is 5.76 Å². The molecule has 4 nitrogen and oxygen atoms in total. The van der Waals surface area contributed by atoms with E-state index in [0.29, 0.717) is 12.2 Å². The fourth-order valence-electron chi connectivity index (χ4n) is 1.04. The van der Waals surface area contributed by atoms with Gasteiger partial charge in [0.25, 0.3) is 0 Å². The highest BCUT2D eigenvalue weighted by molar-refractivity contribution is 5.26. The Balaban J connectivity index is 3.28. The van der Waals surface area contributed by atoms with Gasteiger partial charge in [0.05, 0.1) is 0 Å². The minimum atomic E-state index is -0.924. The van der Waals surface area contributed by atoms with Crippen LogP contribution in [0.25, 0.3) is 0 Å². The second-order valence-electron chi connectivity index (χ2n) is 2.86. The zero-order valence-corrected chi connectivity index (χ0v) is 7.57. The third-order valence-corrected chi connectivity index (χ3v) is 1.76. The van der Waals surface area contributed by atoms with Gasteiger partial charge in [-0.3, -0.25) is 4.79 Å². The van der Waals surface area contributed by atoms with Gasteiger partial charge in [0.15, 0.2) is 5.76 Å². The molecule has 0 saturated heterocycles. The molecule has 1 atom stereocenters. The first-order chi connectivity index (χ1) is 6.06. The van der Waals surface area contributed by atoms with E-state index in [9.17, 15) is 15.0 Å². The van der Waals surface area contributed by atoms with Crippen LogP contribution in [0, 0.1) is 6.92 Å². The van der Waals surface area contributed by atoms with Crippen molar-refractivity contribution >= 4 is 0 Å². The number of hydrogen-bond acceptors (Lipinski definition) is 4. The van der Waals surface area contributed by atoms with Crippen molar-refractivity contribution in [3.05, 3.63) is 27.8 Å². The minimum Gasteiger partial charge on any atom is -0.502 e. The first-order valence-electron chi connectivity index (χ1n) is 4.08. The molecule has 0 bridgehead atoms. The average Bonchev–Trinajstić information content (AvgIpc) is 2.10. The second kappa shape index (κ2) is 3.62. The fraction of sp³-hybridized carbons (Fsp3) is 0.444. The van der Waals surface area contributed by atoms with Gasteiger partial charge in [-0.15, -0.1) is 0 Å². The SMILES string of the molecule is CCC(O)c1oc(C)cc(=O)c1O. The van der Waals surface area contributed by atoms with Crippen LogP contribution in [0.2, 0.25) is 0 Å². The van der Waals surface area contributed by atoms with E-state index in [1.165, 1.54) is 6.07 Å². The Morgan fingerprint density at radius 2 is 2.23 bits per heavy atom. The van der Waals surface area contributed by atoms with Crippen LogP contribution in [0.4, 0.5) is 0 Å². The van der Waals surface area contributed by atoms with Crippen molar-refractivity contribution in [3.63, 3.8) is 0 Å². The van der Waals surface area contributed by atoms with Gasteiger partial charge in [-0.05, 0) is 13.3 Å². The molecule has 0 amide bonds. The zero-order valence-electron chi connectivity index (χ0n) is 7.57. The number of aryl methyl sites for hydroxylation is 1. The van der Waals surface area contributed by atoms with Crippen molar-refractivity contribution in [2.45, 2.75) is 26.4 Å². The topological polar surface area (TPSA) is 70.7 Å². The number of rotatable bonds is 2. The summed E-state index contributed by atoms with van der Waals surface area (Å²) < 4.78 is 5.04. The van der Waals surface area contributed by atoms with E-state index in [1.807, 2.05) is 0 Å². The van der Waals surface area contributed by atoms with Gasteiger partial charge >= 0.3 is 0 Å². The van der Waals surface area contributed by atoms with Crippen LogP contribution in [0.1, 0.15) is 31.0 Å². The molecule has 1 heterocycles. The Morgan fingerprint density at radius 1 is 1.62 bits per heavy atom. The van der Waals surface area contributed by atoms with Crippen LogP contribution in [0.5, 0.6) is 5.75 Å². The molecule has 1 rings (SSSR count). The maximum absolute atomic E-state index is 11.1. The third-order valence-electron chi connectivity index (χ3n) is 1.76. The van der Waals surface area contributed by atoms with E-state index in [2.05, 4.69) is 0 Å². The molecule has 0 aliphatic carbocycles. The molecule has 0 aromatic carbocycles. The van der Waals surface area contributed by atoms with E-state index in [4.69, 9.17) is 4.42 Å². The van der Waals surface area contributed by atoms with Gasteiger partial charge in [-0.2, -0.15) is 0 Å². The maximum atomic E-state index is 11.1. The molecular formula is C9H12O4. The zero-order chi connectivity index (χ0) is 10.0. The molecule has 1 unspecified atom stereocenters. The maximum Gasteiger partial charge on any atom is 0.227 e. The third kappa shape index (κ3) is 1.89. The van der Waals surface area contributed by atoms with Crippen molar-refractivity contribution in [1.29, 1.82) is 0 Å². The fourth-order valence-corrected chi connectivity index (χ4v) is 1.04. The lowest BCUT2D eigenvalue weighted by molar-refractivity contribution is 0.135. The second-order valence-corrected chi connectivity index (χ2v) is 2.86. The standard InChI is InChI=1S/C9H12O4/c1-3-6(10)9-8(12)7(11)4-5(2)13-9/h4,6,10,12H,3H2,1-2H3. The number of hydrogen-bond donors (Lipinski definition) is 2. The van der Waals surface area contributed by atoms with Crippen LogP contribution in [-0.4, -0.2) is 10.2 Å². The molecule has 72 valence electrons. The summed E-state index contributed by atoms with van der Waals surface area (Å²) in [6.45, 7) is 3.32.